The van der Waals surface area contributed by atoms with E-state index in [9.17, 15) is 13.2 Å². The van der Waals surface area contributed by atoms with Crippen LogP contribution >= 0.6 is 0 Å². The Labute approximate surface area is 85.0 Å². The molecule has 0 atom stereocenters. The molecule has 0 saturated heterocycles. The Kier molecular flexibility index (Phi) is 2.58. The summed E-state index contributed by atoms with van der Waals surface area (Å²) in [6.07, 6.45) is 2.26. The molecule has 0 unspecified atom stereocenters. The third-order valence-electron chi connectivity index (χ3n) is 2.16. The Hall–Kier alpha value is -1.58. The Morgan fingerprint density at radius 2 is 1.93 bits per heavy atom. The van der Waals surface area contributed by atoms with Gasteiger partial charge in [0, 0.05) is 24.3 Å². The van der Waals surface area contributed by atoms with E-state index in [0.717, 1.165) is 12.1 Å². The molecular weight excluding hydrogens is 203 g/mol. The van der Waals surface area contributed by atoms with E-state index in [1.807, 2.05) is 0 Å². The van der Waals surface area contributed by atoms with E-state index in [-0.39, 0.29) is 17.7 Å². The van der Waals surface area contributed by atoms with Crippen molar-refractivity contribution in [2.75, 3.05) is 0 Å². The molecule has 0 amide bonds. The highest BCUT2D eigenvalue weighted by Crippen LogP contribution is 2.28. The van der Waals surface area contributed by atoms with Crippen LogP contribution in [0.4, 0.5) is 13.2 Å². The van der Waals surface area contributed by atoms with E-state index in [1.54, 1.807) is 0 Å². The molecule has 1 nitrogen and oxygen atoms in total. The van der Waals surface area contributed by atoms with E-state index in [4.69, 9.17) is 0 Å². The van der Waals surface area contributed by atoms with Gasteiger partial charge in [0.05, 0.1) is 0 Å². The van der Waals surface area contributed by atoms with Crippen LogP contribution in [0.15, 0.2) is 29.0 Å². The number of aliphatic imine (C=N–C) groups is 1. The highest BCUT2D eigenvalue weighted by atomic mass is 19.1. The van der Waals surface area contributed by atoms with Gasteiger partial charge in [-0.05, 0) is 18.6 Å². The number of hydrogen-bond acceptors (Lipinski definition) is 1. The van der Waals surface area contributed by atoms with Gasteiger partial charge in [0.2, 0.25) is 0 Å². The monoisotopic (exact) mass is 211 g/mol. The molecular formula is C11H8F3N. The van der Waals surface area contributed by atoms with Gasteiger partial charge in [0.1, 0.15) is 23.2 Å². The molecule has 15 heavy (non-hydrogen) atoms. The van der Waals surface area contributed by atoms with Crippen LogP contribution < -0.4 is 0 Å². The molecule has 1 aromatic carbocycles. The summed E-state index contributed by atoms with van der Waals surface area (Å²) in [6, 6.07) is 3.00. The molecule has 1 aliphatic rings. The van der Waals surface area contributed by atoms with E-state index in [0.29, 0.717) is 6.42 Å². The predicted molar refractivity (Wildman–Crippen MR) is 52.1 cm³/mol. The van der Waals surface area contributed by atoms with Crippen LogP contribution in [0.1, 0.15) is 18.4 Å². The summed E-state index contributed by atoms with van der Waals surface area (Å²) in [5.41, 5.74) is -0.0244. The molecule has 1 heterocycles. The first-order valence-electron chi connectivity index (χ1n) is 4.55. The summed E-state index contributed by atoms with van der Waals surface area (Å²) in [5, 5.41) is 0. The summed E-state index contributed by atoms with van der Waals surface area (Å²) >= 11 is 0. The van der Waals surface area contributed by atoms with Crippen molar-refractivity contribution in [2.24, 2.45) is 4.99 Å². The lowest BCUT2D eigenvalue weighted by molar-refractivity contribution is 0.573. The van der Waals surface area contributed by atoms with Crippen molar-refractivity contribution in [1.82, 2.24) is 0 Å². The van der Waals surface area contributed by atoms with Crippen molar-refractivity contribution in [3.63, 3.8) is 0 Å². The first kappa shape index (κ1) is 9.96. The largest absolute Gasteiger partial charge is 0.258 e. The van der Waals surface area contributed by atoms with Crippen molar-refractivity contribution < 1.29 is 13.2 Å². The summed E-state index contributed by atoms with van der Waals surface area (Å²) in [6.45, 7) is 0. The van der Waals surface area contributed by atoms with Crippen LogP contribution in [0.5, 0.6) is 0 Å². The number of halogens is 3. The third-order valence-corrected chi connectivity index (χ3v) is 2.16. The zero-order valence-corrected chi connectivity index (χ0v) is 7.80. The molecule has 0 saturated carbocycles. The SMILES string of the molecule is FC1=C(c2ccc(F)cc2F)N=CCC1. The van der Waals surface area contributed by atoms with Gasteiger partial charge in [-0.25, -0.2) is 13.2 Å². The topological polar surface area (TPSA) is 12.4 Å². The Morgan fingerprint density at radius 1 is 1.13 bits per heavy atom. The number of rotatable bonds is 1. The first-order chi connectivity index (χ1) is 7.18. The van der Waals surface area contributed by atoms with Crippen LogP contribution in [0.2, 0.25) is 0 Å². The Bertz CT molecular complexity index is 449. The maximum Gasteiger partial charge on any atom is 0.135 e. The van der Waals surface area contributed by atoms with E-state index >= 15 is 0 Å². The molecule has 0 spiro atoms. The summed E-state index contributed by atoms with van der Waals surface area (Å²) in [7, 11) is 0. The van der Waals surface area contributed by atoms with Crippen LogP contribution in [0.3, 0.4) is 0 Å². The Morgan fingerprint density at radius 3 is 2.60 bits per heavy atom. The molecule has 0 bridgehead atoms. The molecule has 78 valence electrons. The first-order valence-corrected chi connectivity index (χ1v) is 4.55. The summed E-state index contributed by atoms with van der Waals surface area (Å²) in [4.78, 5) is 3.79. The van der Waals surface area contributed by atoms with E-state index < -0.39 is 17.5 Å². The van der Waals surface area contributed by atoms with Gasteiger partial charge in [-0.2, -0.15) is 0 Å². The second-order valence-electron chi connectivity index (χ2n) is 3.23. The molecule has 0 aromatic heterocycles. The molecule has 0 fully saturated rings. The van der Waals surface area contributed by atoms with Gasteiger partial charge in [-0.1, -0.05) is 0 Å². The second kappa shape index (κ2) is 3.88. The van der Waals surface area contributed by atoms with Gasteiger partial charge in [0.15, 0.2) is 0 Å². The maximum atomic E-state index is 13.3. The second-order valence-corrected chi connectivity index (χ2v) is 3.23. The average molecular weight is 211 g/mol. The third kappa shape index (κ3) is 1.93. The van der Waals surface area contributed by atoms with Crippen LogP contribution in [-0.4, -0.2) is 6.21 Å². The van der Waals surface area contributed by atoms with Crippen molar-refractivity contribution in [3.05, 3.63) is 41.2 Å². The molecule has 1 aromatic rings. The number of hydrogen-bond donors (Lipinski definition) is 0. The zero-order valence-electron chi connectivity index (χ0n) is 7.80. The predicted octanol–water partition coefficient (Wildman–Crippen LogP) is 3.47. The van der Waals surface area contributed by atoms with Gasteiger partial charge in [-0.15, -0.1) is 0 Å². The molecule has 0 aliphatic carbocycles. The van der Waals surface area contributed by atoms with Gasteiger partial charge < -0.3 is 0 Å². The minimum atomic E-state index is -0.792. The zero-order chi connectivity index (χ0) is 10.8. The van der Waals surface area contributed by atoms with Crippen molar-refractivity contribution >= 4 is 11.9 Å². The van der Waals surface area contributed by atoms with Crippen molar-refractivity contribution in [1.29, 1.82) is 0 Å². The summed E-state index contributed by atoms with van der Waals surface area (Å²) in [5.74, 6) is -1.93. The standard InChI is InChI=1S/C11H8F3N/c12-7-3-4-8(10(14)6-7)11-9(13)2-1-5-15-11/h3-6H,1-2H2. The Balaban J connectivity index is 2.50. The lowest BCUT2D eigenvalue weighted by atomic mass is 10.1. The minimum Gasteiger partial charge on any atom is -0.258 e. The van der Waals surface area contributed by atoms with Crippen LogP contribution in [0, 0.1) is 11.6 Å². The fourth-order valence-corrected chi connectivity index (χ4v) is 1.43. The average Bonchev–Trinajstić information content (AvgIpc) is 2.20. The minimum absolute atomic E-state index is 0.00449. The molecule has 0 radical (unpaired) electrons. The number of nitrogens with zero attached hydrogens (tertiary/aromatic N) is 1. The number of benzene rings is 1. The number of allylic oxidation sites excluding steroid dienone is 1. The lowest BCUT2D eigenvalue weighted by Crippen LogP contribution is -1.97. The fourth-order valence-electron chi connectivity index (χ4n) is 1.43. The van der Waals surface area contributed by atoms with Crippen LogP contribution in [0.25, 0.3) is 5.70 Å². The van der Waals surface area contributed by atoms with Gasteiger partial charge in [0.25, 0.3) is 0 Å². The molecule has 4 heteroatoms. The van der Waals surface area contributed by atoms with Gasteiger partial charge >= 0.3 is 0 Å². The lowest BCUT2D eigenvalue weighted by Gasteiger charge is -2.09. The molecule has 0 N–H and O–H groups in total. The fraction of sp³-hybridized carbons (Fsp3) is 0.182. The normalized spacial score (nSPS) is 15.9. The quantitative estimate of drug-likeness (QED) is 0.674. The highest BCUT2D eigenvalue weighted by molar-refractivity contribution is 5.77. The van der Waals surface area contributed by atoms with Crippen molar-refractivity contribution in [2.45, 2.75) is 12.8 Å². The van der Waals surface area contributed by atoms with Gasteiger partial charge in [-0.3, -0.25) is 4.99 Å². The molecule has 1 aliphatic heterocycles. The van der Waals surface area contributed by atoms with Crippen molar-refractivity contribution in [3.8, 4) is 0 Å². The maximum absolute atomic E-state index is 13.3. The van der Waals surface area contributed by atoms with Crippen LogP contribution in [-0.2, 0) is 0 Å². The smallest absolute Gasteiger partial charge is 0.135 e. The highest BCUT2D eigenvalue weighted by Gasteiger charge is 2.15. The van der Waals surface area contributed by atoms with E-state index in [1.165, 1.54) is 12.3 Å². The summed E-state index contributed by atoms with van der Waals surface area (Å²) < 4.78 is 39.2. The van der Waals surface area contributed by atoms with E-state index in [2.05, 4.69) is 4.99 Å². The molecule has 2 rings (SSSR count).